The highest BCUT2D eigenvalue weighted by atomic mass is 32.2. The summed E-state index contributed by atoms with van der Waals surface area (Å²) in [5, 5.41) is 8.89. The Morgan fingerprint density at radius 3 is 1.96 bits per heavy atom. The van der Waals surface area contributed by atoms with Crippen LogP contribution in [0.5, 0.6) is 0 Å². The maximum absolute atomic E-state index is 12.6. The summed E-state index contributed by atoms with van der Waals surface area (Å²) in [7, 11) is 1.66. The van der Waals surface area contributed by atoms with Crippen LogP contribution >= 0.6 is 0 Å². The van der Waals surface area contributed by atoms with Crippen molar-refractivity contribution >= 4 is 21.7 Å². The maximum atomic E-state index is 12.6. The first-order valence-electron chi connectivity index (χ1n) is 7.28. The van der Waals surface area contributed by atoms with Gasteiger partial charge in [0.15, 0.2) is 0 Å². The van der Waals surface area contributed by atoms with Gasteiger partial charge in [0.2, 0.25) is 0 Å². The van der Waals surface area contributed by atoms with E-state index < -0.39 is 16.0 Å². The van der Waals surface area contributed by atoms with Gasteiger partial charge < -0.3 is 10.0 Å². The van der Waals surface area contributed by atoms with E-state index in [0.717, 1.165) is 12.1 Å². The Bertz CT molecular complexity index is 813. The van der Waals surface area contributed by atoms with Gasteiger partial charge in [0.25, 0.3) is 10.0 Å². The van der Waals surface area contributed by atoms with Crippen LogP contribution in [0, 0.1) is 0 Å². The number of rotatable bonds is 6. The highest BCUT2D eigenvalue weighted by Gasteiger charge is 2.21. The van der Waals surface area contributed by atoms with Gasteiger partial charge in [-0.1, -0.05) is 12.1 Å². The van der Waals surface area contributed by atoms with Crippen molar-refractivity contribution in [2.45, 2.75) is 11.4 Å². The van der Waals surface area contributed by atoms with E-state index in [1.165, 1.54) is 35.6 Å². The molecule has 0 aliphatic heterocycles. The molecule has 0 fully saturated rings. The van der Waals surface area contributed by atoms with Gasteiger partial charge in [0, 0.05) is 13.6 Å². The van der Waals surface area contributed by atoms with Crippen molar-refractivity contribution < 1.29 is 18.3 Å². The van der Waals surface area contributed by atoms with Crippen molar-refractivity contribution in [3.05, 3.63) is 59.7 Å². The van der Waals surface area contributed by atoms with E-state index in [9.17, 15) is 13.2 Å². The molecule has 0 aliphatic rings. The molecule has 0 atom stereocenters. The van der Waals surface area contributed by atoms with Crippen LogP contribution in [0.15, 0.2) is 53.4 Å². The molecule has 0 amide bonds. The van der Waals surface area contributed by atoms with Crippen LogP contribution in [0.3, 0.4) is 0 Å². The monoisotopic (exact) mass is 348 g/mol. The van der Waals surface area contributed by atoms with Crippen LogP contribution in [-0.4, -0.2) is 45.5 Å². The van der Waals surface area contributed by atoms with E-state index in [1.807, 2.05) is 31.1 Å². The third-order valence-electron chi connectivity index (χ3n) is 3.56. The van der Waals surface area contributed by atoms with Crippen molar-refractivity contribution in [2.24, 2.45) is 0 Å². The van der Waals surface area contributed by atoms with Crippen molar-refractivity contribution in [2.75, 3.05) is 25.4 Å². The molecule has 6 nitrogen and oxygen atoms in total. The number of nitrogens with zero attached hydrogens (tertiary/aromatic N) is 2. The zero-order chi connectivity index (χ0) is 17.9. The molecule has 24 heavy (non-hydrogen) atoms. The molecule has 0 saturated carbocycles. The topological polar surface area (TPSA) is 77.9 Å². The molecule has 1 N–H and O–H groups in total. The number of carboxylic acid groups (broad SMARTS) is 1. The van der Waals surface area contributed by atoms with Crippen molar-refractivity contribution in [1.29, 1.82) is 0 Å². The largest absolute Gasteiger partial charge is 0.478 e. The fourth-order valence-corrected chi connectivity index (χ4v) is 3.44. The van der Waals surface area contributed by atoms with Gasteiger partial charge in [-0.2, -0.15) is 0 Å². The molecule has 0 radical (unpaired) electrons. The minimum absolute atomic E-state index is 0.0460. The standard InChI is InChI=1S/C17H20N2O4S/c1-18(2)12-13-4-8-15(9-5-13)19(3)24(22,23)16-10-6-14(7-11-16)17(20)21/h4-11H,12H2,1-3H3,(H,20,21). The fraction of sp³-hybridized carbons (Fsp3) is 0.235. The second-order valence-electron chi connectivity index (χ2n) is 5.71. The third kappa shape index (κ3) is 3.93. The zero-order valence-electron chi connectivity index (χ0n) is 13.8. The number of benzene rings is 2. The number of carboxylic acids is 1. The summed E-state index contributed by atoms with van der Waals surface area (Å²) < 4.78 is 26.5. The molecule has 0 aromatic heterocycles. The lowest BCUT2D eigenvalue weighted by atomic mass is 10.2. The predicted molar refractivity (Wildman–Crippen MR) is 92.8 cm³/mol. The molecule has 7 heteroatoms. The van der Waals surface area contributed by atoms with Crippen LogP contribution in [-0.2, 0) is 16.6 Å². The van der Waals surface area contributed by atoms with Crippen LogP contribution in [0.25, 0.3) is 0 Å². The molecule has 128 valence electrons. The van der Waals surface area contributed by atoms with E-state index in [4.69, 9.17) is 5.11 Å². The van der Waals surface area contributed by atoms with Gasteiger partial charge in [-0.15, -0.1) is 0 Å². The quantitative estimate of drug-likeness (QED) is 0.866. The van der Waals surface area contributed by atoms with E-state index in [0.29, 0.717) is 5.69 Å². The summed E-state index contributed by atoms with van der Waals surface area (Å²) in [6.07, 6.45) is 0. The van der Waals surface area contributed by atoms with Gasteiger partial charge in [0.1, 0.15) is 0 Å². The Kier molecular flexibility index (Phi) is 5.26. The first kappa shape index (κ1) is 18.0. The van der Waals surface area contributed by atoms with Gasteiger partial charge in [0.05, 0.1) is 16.1 Å². The fourth-order valence-electron chi connectivity index (χ4n) is 2.24. The van der Waals surface area contributed by atoms with Gasteiger partial charge in [-0.05, 0) is 56.1 Å². The average Bonchev–Trinajstić information content (AvgIpc) is 2.54. The first-order valence-corrected chi connectivity index (χ1v) is 8.72. The van der Waals surface area contributed by atoms with Crippen molar-refractivity contribution in [3.63, 3.8) is 0 Å². The van der Waals surface area contributed by atoms with Crippen LogP contribution < -0.4 is 4.31 Å². The Labute approximate surface area is 142 Å². The van der Waals surface area contributed by atoms with E-state index in [2.05, 4.69) is 0 Å². The molecule has 2 aromatic rings. The third-order valence-corrected chi connectivity index (χ3v) is 5.36. The van der Waals surface area contributed by atoms with Crippen molar-refractivity contribution in [1.82, 2.24) is 4.90 Å². The lowest BCUT2D eigenvalue weighted by Gasteiger charge is -2.20. The first-order chi connectivity index (χ1) is 11.2. The molecular weight excluding hydrogens is 328 g/mol. The Hall–Kier alpha value is -2.38. The number of aromatic carboxylic acids is 1. The van der Waals surface area contributed by atoms with E-state index in [-0.39, 0.29) is 10.5 Å². The summed E-state index contributed by atoms with van der Waals surface area (Å²) in [6.45, 7) is 0.771. The normalized spacial score (nSPS) is 11.5. The number of sulfonamides is 1. The zero-order valence-corrected chi connectivity index (χ0v) is 14.6. The highest BCUT2D eigenvalue weighted by molar-refractivity contribution is 7.92. The molecule has 0 bridgehead atoms. The molecule has 2 aromatic carbocycles. The number of carbonyl (C=O) groups is 1. The maximum Gasteiger partial charge on any atom is 0.335 e. The SMILES string of the molecule is CN(C)Cc1ccc(N(C)S(=O)(=O)c2ccc(C(=O)O)cc2)cc1. The lowest BCUT2D eigenvalue weighted by Crippen LogP contribution is -2.26. The second kappa shape index (κ2) is 7.02. The number of hydrogen-bond acceptors (Lipinski definition) is 4. The van der Waals surface area contributed by atoms with Crippen LogP contribution in [0.1, 0.15) is 15.9 Å². The van der Waals surface area contributed by atoms with Gasteiger partial charge >= 0.3 is 5.97 Å². The van der Waals surface area contributed by atoms with Gasteiger partial charge in [-0.3, -0.25) is 4.31 Å². The van der Waals surface area contributed by atoms with Crippen LogP contribution in [0.4, 0.5) is 5.69 Å². The summed E-state index contributed by atoms with van der Waals surface area (Å²) >= 11 is 0. The highest BCUT2D eigenvalue weighted by Crippen LogP contribution is 2.23. The van der Waals surface area contributed by atoms with E-state index >= 15 is 0 Å². The Morgan fingerprint density at radius 2 is 1.50 bits per heavy atom. The molecular formula is C17H20N2O4S. The average molecular weight is 348 g/mol. The van der Waals surface area contributed by atoms with E-state index in [1.54, 1.807) is 12.1 Å². The summed E-state index contributed by atoms with van der Waals surface area (Å²) in [5.74, 6) is -1.09. The number of anilines is 1. The Morgan fingerprint density at radius 1 is 0.958 bits per heavy atom. The molecule has 0 aliphatic carbocycles. The number of hydrogen-bond donors (Lipinski definition) is 1. The van der Waals surface area contributed by atoms with Crippen molar-refractivity contribution in [3.8, 4) is 0 Å². The molecule has 0 spiro atoms. The predicted octanol–water partition coefficient (Wildman–Crippen LogP) is 2.27. The minimum atomic E-state index is -3.74. The Balaban J connectivity index is 2.26. The van der Waals surface area contributed by atoms with Gasteiger partial charge in [-0.25, -0.2) is 13.2 Å². The van der Waals surface area contributed by atoms with Crippen LogP contribution in [0.2, 0.25) is 0 Å². The second-order valence-corrected chi connectivity index (χ2v) is 7.68. The molecule has 2 rings (SSSR count). The molecule has 0 unspecified atom stereocenters. The smallest absolute Gasteiger partial charge is 0.335 e. The summed E-state index contributed by atoms with van der Waals surface area (Å²) in [5.41, 5.74) is 1.67. The minimum Gasteiger partial charge on any atom is -0.478 e. The summed E-state index contributed by atoms with van der Waals surface area (Å²) in [4.78, 5) is 12.9. The molecule has 0 saturated heterocycles. The lowest BCUT2D eigenvalue weighted by molar-refractivity contribution is 0.0696. The molecule has 0 heterocycles. The summed E-state index contributed by atoms with van der Waals surface area (Å²) in [6, 6.07) is 12.4.